The zero-order valence-corrected chi connectivity index (χ0v) is 12.3. The van der Waals surface area contributed by atoms with E-state index in [0.29, 0.717) is 13.2 Å². The van der Waals surface area contributed by atoms with Crippen molar-refractivity contribution in [2.75, 3.05) is 13.2 Å². The Morgan fingerprint density at radius 2 is 1.88 bits per heavy atom. The molecule has 4 nitrogen and oxygen atoms in total. The van der Waals surface area contributed by atoms with Crippen LogP contribution >= 0.6 is 0 Å². The maximum atomic E-state index is 11.0. The smallest absolute Gasteiger partial charge is 0.335 e. The Hall–Kier alpha value is -0.653. The molecule has 1 atom stereocenters. The first kappa shape index (κ1) is 16.3. The van der Waals surface area contributed by atoms with E-state index in [9.17, 15) is 4.79 Å². The van der Waals surface area contributed by atoms with Crippen LogP contribution < -0.4 is 0 Å². The topological polar surface area (TPSA) is 44.8 Å². The lowest BCUT2D eigenvalue weighted by atomic mass is 10.3. The molecule has 5 heteroatoms. The van der Waals surface area contributed by atoms with Gasteiger partial charge in [-0.1, -0.05) is 6.58 Å². The number of hydrogen-bond acceptors (Lipinski definition) is 4. The molecule has 100 valence electrons. The van der Waals surface area contributed by atoms with Crippen molar-refractivity contribution in [3.63, 3.8) is 0 Å². The molecule has 0 aliphatic carbocycles. The fourth-order valence-electron chi connectivity index (χ4n) is 1.57. The molecule has 0 amide bonds. The van der Waals surface area contributed by atoms with Gasteiger partial charge < -0.3 is 13.6 Å². The van der Waals surface area contributed by atoms with Crippen molar-refractivity contribution < 1.29 is 18.4 Å². The van der Waals surface area contributed by atoms with Crippen molar-refractivity contribution in [1.29, 1.82) is 0 Å². The monoisotopic (exact) mass is 260 g/mol. The summed E-state index contributed by atoms with van der Waals surface area (Å²) in [6, 6.07) is 0.820. The summed E-state index contributed by atoms with van der Waals surface area (Å²) in [6.07, 6.45) is 1.80. The average molecular weight is 260 g/mol. The summed E-state index contributed by atoms with van der Waals surface area (Å²) in [5, 5.41) is 0. The first-order chi connectivity index (χ1) is 7.97. The Bertz CT molecular complexity index is 237. The van der Waals surface area contributed by atoms with E-state index in [1.807, 2.05) is 27.3 Å². The minimum atomic E-state index is -2.09. The number of esters is 1. The molecular weight excluding hydrogens is 236 g/mol. The van der Waals surface area contributed by atoms with Gasteiger partial charge >= 0.3 is 14.5 Å². The lowest BCUT2D eigenvalue weighted by Gasteiger charge is -2.27. The quantitative estimate of drug-likeness (QED) is 0.363. The predicted molar refractivity (Wildman–Crippen MR) is 70.0 cm³/mol. The first-order valence-electron chi connectivity index (χ1n) is 6.08. The van der Waals surface area contributed by atoms with E-state index < -0.39 is 8.56 Å². The van der Waals surface area contributed by atoms with Crippen LogP contribution in [-0.4, -0.2) is 33.8 Å². The third-order valence-electron chi connectivity index (χ3n) is 2.39. The largest absolute Gasteiger partial charge is 0.460 e. The molecule has 0 rings (SSSR count). The summed E-state index contributed by atoms with van der Waals surface area (Å²) < 4.78 is 16.5. The zero-order chi connectivity index (χ0) is 13.3. The van der Waals surface area contributed by atoms with Crippen LogP contribution in [0.2, 0.25) is 12.6 Å². The molecule has 0 aliphatic rings. The second-order valence-electron chi connectivity index (χ2n) is 3.99. The van der Waals surface area contributed by atoms with E-state index in [4.69, 9.17) is 13.6 Å². The summed E-state index contributed by atoms with van der Waals surface area (Å²) in [7, 11) is -2.09. The van der Waals surface area contributed by atoms with Crippen LogP contribution in [0.15, 0.2) is 12.7 Å². The SMILES string of the molecule is C=CC(=O)OC(C)CC[Si](C)(OCC)OCC. The molecule has 0 aromatic carbocycles. The normalized spacial score (nSPS) is 13.2. The van der Waals surface area contributed by atoms with Gasteiger partial charge in [-0.15, -0.1) is 0 Å². The lowest BCUT2D eigenvalue weighted by molar-refractivity contribution is -0.142. The third kappa shape index (κ3) is 7.30. The van der Waals surface area contributed by atoms with Crippen molar-refractivity contribution in [3.8, 4) is 0 Å². The van der Waals surface area contributed by atoms with Gasteiger partial charge in [0.05, 0.1) is 6.10 Å². The minimum absolute atomic E-state index is 0.131. The molecule has 0 N–H and O–H groups in total. The van der Waals surface area contributed by atoms with Crippen LogP contribution in [0.4, 0.5) is 0 Å². The van der Waals surface area contributed by atoms with Crippen LogP contribution in [0.1, 0.15) is 27.2 Å². The highest BCUT2D eigenvalue weighted by Gasteiger charge is 2.31. The molecule has 0 spiro atoms. The number of hydrogen-bond donors (Lipinski definition) is 0. The van der Waals surface area contributed by atoms with E-state index in [0.717, 1.165) is 12.5 Å². The van der Waals surface area contributed by atoms with Crippen molar-refractivity contribution in [2.24, 2.45) is 0 Å². The minimum Gasteiger partial charge on any atom is -0.460 e. The zero-order valence-electron chi connectivity index (χ0n) is 11.3. The van der Waals surface area contributed by atoms with Crippen LogP contribution in [-0.2, 0) is 18.4 Å². The van der Waals surface area contributed by atoms with Gasteiger partial charge in [0.15, 0.2) is 0 Å². The van der Waals surface area contributed by atoms with Crippen LogP contribution in [0.5, 0.6) is 0 Å². The van der Waals surface area contributed by atoms with Gasteiger partial charge in [-0.2, -0.15) is 0 Å². The fourth-order valence-corrected chi connectivity index (χ4v) is 4.09. The Morgan fingerprint density at radius 1 is 1.35 bits per heavy atom. The Labute approximate surface area is 105 Å². The van der Waals surface area contributed by atoms with E-state index in [1.165, 1.54) is 6.08 Å². The van der Waals surface area contributed by atoms with Gasteiger partial charge in [0.25, 0.3) is 0 Å². The number of rotatable bonds is 9. The maximum absolute atomic E-state index is 11.0. The Morgan fingerprint density at radius 3 is 2.29 bits per heavy atom. The molecule has 0 saturated carbocycles. The van der Waals surface area contributed by atoms with E-state index in [2.05, 4.69) is 6.58 Å². The van der Waals surface area contributed by atoms with Gasteiger partial charge in [-0.25, -0.2) is 4.79 Å². The van der Waals surface area contributed by atoms with Gasteiger partial charge in [-0.05, 0) is 39.8 Å². The number of carbonyl (C=O) groups is 1. The van der Waals surface area contributed by atoms with Gasteiger partial charge in [0.2, 0.25) is 0 Å². The highest BCUT2D eigenvalue weighted by Crippen LogP contribution is 2.18. The third-order valence-corrected chi connectivity index (χ3v) is 5.38. The molecule has 17 heavy (non-hydrogen) atoms. The second-order valence-corrected chi connectivity index (χ2v) is 7.34. The molecule has 0 radical (unpaired) electrons. The number of carbonyl (C=O) groups excluding carboxylic acids is 1. The van der Waals surface area contributed by atoms with E-state index in [-0.39, 0.29) is 12.1 Å². The molecule has 0 aromatic heterocycles. The number of ether oxygens (including phenoxy) is 1. The Balaban J connectivity index is 4.11. The Kier molecular flexibility index (Phi) is 8.12. The van der Waals surface area contributed by atoms with Crippen molar-refractivity contribution >= 4 is 14.5 Å². The molecule has 0 heterocycles. The molecule has 0 aliphatic heterocycles. The predicted octanol–water partition coefficient (Wildman–Crippen LogP) is 2.64. The van der Waals surface area contributed by atoms with Crippen LogP contribution in [0.25, 0.3) is 0 Å². The lowest BCUT2D eigenvalue weighted by Crippen LogP contribution is -2.39. The van der Waals surface area contributed by atoms with Crippen molar-refractivity contribution in [3.05, 3.63) is 12.7 Å². The van der Waals surface area contributed by atoms with Gasteiger partial charge in [-0.3, -0.25) is 0 Å². The summed E-state index contributed by atoms with van der Waals surface area (Å²) in [5.41, 5.74) is 0. The molecular formula is C12H24O4Si. The van der Waals surface area contributed by atoms with Gasteiger partial charge in [0, 0.05) is 19.3 Å². The van der Waals surface area contributed by atoms with E-state index >= 15 is 0 Å². The highest BCUT2D eigenvalue weighted by molar-refractivity contribution is 6.66. The summed E-state index contributed by atoms with van der Waals surface area (Å²) >= 11 is 0. The van der Waals surface area contributed by atoms with Gasteiger partial charge in [0.1, 0.15) is 0 Å². The highest BCUT2D eigenvalue weighted by atomic mass is 28.4. The molecule has 0 saturated heterocycles. The summed E-state index contributed by atoms with van der Waals surface area (Å²) in [4.78, 5) is 11.0. The molecule has 0 fully saturated rings. The average Bonchev–Trinajstić information content (AvgIpc) is 2.27. The van der Waals surface area contributed by atoms with Crippen molar-refractivity contribution in [1.82, 2.24) is 0 Å². The van der Waals surface area contributed by atoms with Crippen LogP contribution in [0.3, 0.4) is 0 Å². The molecule has 1 unspecified atom stereocenters. The molecule has 0 aromatic rings. The summed E-state index contributed by atoms with van der Waals surface area (Å²) in [5.74, 6) is -0.381. The summed E-state index contributed by atoms with van der Waals surface area (Å²) in [6.45, 7) is 12.5. The fraction of sp³-hybridized carbons (Fsp3) is 0.750. The standard InChI is InChI=1S/C12H24O4Si/c1-6-12(13)16-11(4)9-10-17(5,14-7-2)15-8-3/h6,11H,1,7-10H2,2-5H3. The van der Waals surface area contributed by atoms with Crippen LogP contribution in [0, 0.1) is 0 Å². The first-order valence-corrected chi connectivity index (χ1v) is 8.60. The second kappa shape index (κ2) is 8.44. The van der Waals surface area contributed by atoms with E-state index in [1.54, 1.807) is 0 Å². The van der Waals surface area contributed by atoms with Crippen molar-refractivity contribution in [2.45, 2.75) is 45.9 Å². The molecule has 0 bridgehead atoms. The maximum Gasteiger partial charge on any atom is 0.335 e.